The molecule has 2 unspecified atom stereocenters. The Morgan fingerprint density at radius 3 is 2.78 bits per heavy atom. The summed E-state index contributed by atoms with van der Waals surface area (Å²) >= 11 is 0. The number of carbonyl (C=O) groups is 1. The van der Waals surface area contributed by atoms with Crippen molar-refractivity contribution < 1.29 is 9.18 Å². The number of fused-ring (bicyclic) bond motifs is 1. The van der Waals surface area contributed by atoms with Gasteiger partial charge in [-0.2, -0.15) is 10.1 Å². The van der Waals surface area contributed by atoms with Crippen LogP contribution in [0.3, 0.4) is 0 Å². The van der Waals surface area contributed by atoms with Crippen LogP contribution in [-0.4, -0.2) is 30.3 Å². The SMILES string of the molecule is CC(=O)c1cnn(-c2nc3n(n2)C(c2ccccc2)CC3F)c1. The van der Waals surface area contributed by atoms with E-state index in [0.717, 1.165) is 5.56 Å². The first-order chi connectivity index (χ1) is 11.1. The van der Waals surface area contributed by atoms with E-state index in [2.05, 4.69) is 15.2 Å². The first kappa shape index (κ1) is 13.8. The molecule has 0 N–H and O–H groups in total. The molecule has 3 aromatic rings. The molecule has 7 heteroatoms. The maximum absolute atomic E-state index is 14.3. The van der Waals surface area contributed by atoms with Gasteiger partial charge in [0.1, 0.15) is 0 Å². The molecule has 1 aliphatic heterocycles. The summed E-state index contributed by atoms with van der Waals surface area (Å²) in [7, 11) is 0. The monoisotopic (exact) mass is 311 g/mol. The van der Waals surface area contributed by atoms with Crippen LogP contribution in [0.4, 0.5) is 4.39 Å². The van der Waals surface area contributed by atoms with Crippen LogP contribution in [0.5, 0.6) is 0 Å². The average Bonchev–Trinajstić information content (AvgIpc) is 3.24. The molecular weight excluding hydrogens is 297 g/mol. The summed E-state index contributed by atoms with van der Waals surface area (Å²) < 4.78 is 17.3. The van der Waals surface area contributed by atoms with Crippen molar-refractivity contribution in [2.45, 2.75) is 25.6 Å². The van der Waals surface area contributed by atoms with E-state index < -0.39 is 6.17 Å². The van der Waals surface area contributed by atoms with Gasteiger partial charge in [-0.15, -0.1) is 5.10 Å². The van der Waals surface area contributed by atoms with Gasteiger partial charge in [-0.25, -0.2) is 13.8 Å². The fourth-order valence-electron chi connectivity index (χ4n) is 2.83. The summed E-state index contributed by atoms with van der Waals surface area (Å²) in [5, 5.41) is 8.48. The van der Waals surface area contributed by atoms with Gasteiger partial charge in [0.25, 0.3) is 5.95 Å². The molecule has 0 saturated carbocycles. The number of alkyl halides is 1. The quantitative estimate of drug-likeness (QED) is 0.698. The van der Waals surface area contributed by atoms with E-state index in [1.165, 1.54) is 17.8 Å². The highest BCUT2D eigenvalue weighted by atomic mass is 19.1. The number of nitrogens with zero attached hydrogens (tertiary/aromatic N) is 5. The number of benzene rings is 1. The highest BCUT2D eigenvalue weighted by Crippen LogP contribution is 2.39. The lowest BCUT2D eigenvalue weighted by Crippen LogP contribution is -2.08. The Bertz CT molecular complexity index is 870. The van der Waals surface area contributed by atoms with Crippen molar-refractivity contribution in [3.63, 3.8) is 0 Å². The first-order valence-corrected chi connectivity index (χ1v) is 7.35. The van der Waals surface area contributed by atoms with E-state index in [4.69, 9.17) is 0 Å². The van der Waals surface area contributed by atoms with Crippen molar-refractivity contribution in [3.8, 4) is 5.95 Å². The molecule has 0 spiro atoms. The molecule has 0 aliphatic carbocycles. The number of aromatic nitrogens is 5. The van der Waals surface area contributed by atoms with E-state index in [0.29, 0.717) is 17.8 Å². The average molecular weight is 311 g/mol. The summed E-state index contributed by atoms with van der Waals surface area (Å²) in [4.78, 5) is 15.6. The van der Waals surface area contributed by atoms with Gasteiger partial charge in [0.2, 0.25) is 0 Å². The van der Waals surface area contributed by atoms with E-state index >= 15 is 0 Å². The Hall–Kier alpha value is -2.83. The largest absolute Gasteiger partial charge is 0.294 e. The molecule has 6 nitrogen and oxygen atoms in total. The lowest BCUT2D eigenvalue weighted by atomic mass is 10.0. The van der Waals surface area contributed by atoms with Crippen molar-refractivity contribution in [1.29, 1.82) is 0 Å². The molecule has 2 aromatic heterocycles. The lowest BCUT2D eigenvalue weighted by Gasteiger charge is -2.11. The zero-order valence-corrected chi connectivity index (χ0v) is 12.4. The van der Waals surface area contributed by atoms with E-state index in [-0.39, 0.29) is 17.8 Å². The Labute approximate surface area is 131 Å². The number of carbonyl (C=O) groups excluding carboxylic acids is 1. The van der Waals surface area contributed by atoms with Crippen molar-refractivity contribution >= 4 is 5.78 Å². The molecule has 1 aromatic carbocycles. The van der Waals surface area contributed by atoms with Gasteiger partial charge in [-0.3, -0.25) is 4.79 Å². The van der Waals surface area contributed by atoms with Crippen LogP contribution >= 0.6 is 0 Å². The fourth-order valence-corrected chi connectivity index (χ4v) is 2.83. The molecule has 0 fully saturated rings. The zero-order valence-electron chi connectivity index (χ0n) is 12.4. The van der Waals surface area contributed by atoms with Crippen LogP contribution in [0.2, 0.25) is 0 Å². The third-order valence-corrected chi connectivity index (χ3v) is 4.03. The number of rotatable bonds is 3. The van der Waals surface area contributed by atoms with Crippen molar-refractivity contribution in [2.75, 3.05) is 0 Å². The number of hydrogen-bond donors (Lipinski definition) is 0. The molecule has 0 radical (unpaired) electrons. The molecule has 3 heterocycles. The van der Waals surface area contributed by atoms with Crippen molar-refractivity contribution in [2.24, 2.45) is 0 Å². The number of Topliss-reactive ketones (excluding diaryl/α,β-unsaturated/α-hetero) is 1. The first-order valence-electron chi connectivity index (χ1n) is 7.35. The van der Waals surface area contributed by atoms with Crippen molar-refractivity contribution in [3.05, 3.63) is 59.7 Å². The normalized spacial score (nSPS) is 19.7. The summed E-state index contributed by atoms with van der Waals surface area (Å²) in [6.45, 7) is 1.46. The predicted molar refractivity (Wildman–Crippen MR) is 80.2 cm³/mol. The number of ketones is 1. The molecule has 4 rings (SSSR count). The minimum absolute atomic E-state index is 0.0893. The Kier molecular flexibility index (Phi) is 3.07. The third-order valence-electron chi connectivity index (χ3n) is 4.03. The molecule has 1 aliphatic rings. The molecule has 0 bridgehead atoms. The minimum atomic E-state index is -1.16. The molecule has 0 saturated heterocycles. The predicted octanol–water partition coefficient (Wildman–Crippen LogP) is 2.67. The second-order valence-corrected chi connectivity index (χ2v) is 5.57. The summed E-state index contributed by atoms with van der Waals surface area (Å²) in [5.41, 5.74) is 1.46. The number of hydrogen-bond acceptors (Lipinski definition) is 4. The van der Waals surface area contributed by atoms with Gasteiger partial charge >= 0.3 is 0 Å². The summed E-state index contributed by atoms with van der Waals surface area (Å²) in [5.74, 6) is 0.484. The second kappa shape index (κ2) is 5.12. The second-order valence-electron chi connectivity index (χ2n) is 5.57. The van der Waals surface area contributed by atoms with E-state index in [1.54, 1.807) is 10.9 Å². The molecular formula is C16H14FN5O. The van der Waals surface area contributed by atoms with Gasteiger partial charge in [-0.05, 0) is 12.5 Å². The van der Waals surface area contributed by atoms with Gasteiger partial charge < -0.3 is 0 Å². The van der Waals surface area contributed by atoms with Gasteiger partial charge in [0, 0.05) is 12.6 Å². The van der Waals surface area contributed by atoms with Crippen LogP contribution in [0.25, 0.3) is 5.95 Å². The third kappa shape index (κ3) is 2.25. The van der Waals surface area contributed by atoms with Crippen LogP contribution in [-0.2, 0) is 0 Å². The van der Waals surface area contributed by atoms with Gasteiger partial charge in [-0.1, -0.05) is 30.3 Å². The molecule has 116 valence electrons. The highest BCUT2D eigenvalue weighted by molar-refractivity contribution is 5.93. The Morgan fingerprint density at radius 2 is 2.09 bits per heavy atom. The smallest absolute Gasteiger partial charge is 0.269 e. The van der Waals surface area contributed by atoms with Gasteiger partial charge in [0.15, 0.2) is 17.8 Å². The van der Waals surface area contributed by atoms with E-state index in [1.807, 2.05) is 30.3 Å². The maximum Gasteiger partial charge on any atom is 0.269 e. The fraction of sp³-hybridized carbons (Fsp3) is 0.250. The topological polar surface area (TPSA) is 65.6 Å². The van der Waals surface area contributed by atoms with Gasteiger partial charge in [0.05, 0.1) is 17.8 Å². The van der Waals surface area contributed by atoms with Crippen molar-refractivity contribution in [1.82, 2.24) is 24.5 Å². The van der Waals surface area contributed by atoms with E-state index in [9.17, 15) is 9.18 Å². The summed E-state index contributed by atoms with van der Waals surface area (Å²) in [6, 6.07) is 9.50. The minimum Gasteiger partial charge on any atom is -0.294 e. The van der Waals surface area contributed by atoms with Crippen LogP contribution in [0.15, 0.2) is 42.7 Å². The maximum atomic E-state index is 14.3. The molecule has 23 heavy (non-hydrogen) atoms. The summed E-state index contributed by atoms with van der Waals surface area (Å²) in [6.07, 6.45) is 2.18. The zero-order chi connectivity index (χ0) is 16.0. The molecule has 0 amide bonds. The molecule has 2 atom stereocenters. The van der Waals surface area contributed by atoms with Crippen LogP contribution in [0.1, 0.15) is 47.3 Å². The van der Waals surface area contributed by atoms with Crippen LogP contribution < -0.4 is 0 Å². The van der Waals surface area contributed by atoms with Crippen LogP contribution in [0, 0.1) is 0 Å². The lowest BCUT2D eigenvalue weighted by molar-refractivity contribution is 0.101. The number of halogens is 1. The highest BCUT2D eigenvalue weighted by Gasteiger charge is 2.35. The Morgan fingerprint density at radius 1 is 1.30 bits per heavy atom. The Balaban J connectivity index is 1.74. The standard InChI is InChI=1S/C16H14FN5O/c1-10(23)12-8-18-21(9-12)16-19-15-13(17)7-14(22(15)20-16)11-5-3-2-4-6-11/h2-6,8-9,13-14H,7H2,1H3.